The highest BCUT2D eigenvalue weighted by Gasteiger charge is 2.43. The van der Waals surface area contributed by atoms with Crippen molar-refractivity contribution in [1.82, 2.24) is 9.13 Å². The van der Waals surface area contributed by atoms with Gasteiger partial charge in [0.15, 0.2) is 0 Å². The molecule has 0 radical (unpaired) electrons. The summed E-state index contributed by atoms with van der Waals surface area (Å²) in [6.45, 7) is 23.3. The van der Waals surface area contributed by atoms with E-state index in [2.05, 4.69) is 253 Å². The number of nitrogens with zero attached hydrogens (tertiary/aromatic N) is 3. The lowest BCUT2D eigenvalue weighted by Crippen LogP contribution is -2.60. The second-order valence-electron chi connectivity index (χ2n) is 24.8. The number of anilines is 3. The number of aryl methyl sites for hydroxylation is 1. The summed E-state index contributed by atoms with van der Waals surface area (Å²) in [5, 5.41) is 7.48. The smallest absolute Gasteiger partial charge is 0.249 e. The molecule has 0 saturated heterocycles. The average molecular weight is 1010 g/mol. The molecule has 374 valence electrons. The van der Waals surface area contributed by atoms with Gasteiger partial charge in [-0.3, -0.25) is 0 Å². The molecule has 12 aromatic rings. The van der Waals surface area contributed by atoms with Crippen LogP contribution in [0.3, 0.4) is 0 Å². The predicted octanol–water partition coefficient (Wildman–Crippen LogP) is 17.8. The molecular weight excluding hydrogens is 942 g/mol. The Morgan fingerprint density at radius 3 is 1.63 bits per heavy atom. The van der Waals surface area contributed by atoms with Crippen molar-refractivity contribution < 1.29 is 4.42 Å². The van der Waals surface area contributed by atoms with Crippen LogP contribution in [0.2, 0.25) is 0 Å². The lowest BCUT2D eigenvalue weighted by molar-refractivity contribution is 0.589. The first-order chi connectivity index (χ1) is 36.5. The summed E-state index contributed by atoms with van der Waals surface area (Å²) in [6.07, 6.45) is 3.04. The van der Waals surface area contributed by atoms with Crippen LogP contribution < -0.4 is 21.3 Å². The van der Waals surface area contributed by atoms with E-state index in [0.717, 1.165) is 36.1 Å². The van der Waals surface area contributed by atoms with Gasteiger partial charge >= 0.3 is 0 Å². The summed E-state index contributed by atoms with van der Waals surface area (Å²) < 4.78 is 12.0. The number of furan rings is 1. The van der Waals surface area contributed by atoms with Gasteiger partial charge in [-0.05, 0) is 148 Å². The minimum Gasteiger partial charge on any atom is -0.456 e. The molecule has 0 N–H and O–H groups in total. The number of rotatable bonds is 6. The van der Waals surface area contributed by atoms with Gasteiger partial charge in [-0.2, -0.15) is 0 Å². The Bertz CT molecular complexity index is 4390. The number of fused-ring (bicyclic) bond motifs is 13. The number of hydrogen-bond donors (Lipinski definition) is 0. The van der Waals surface area contributed by atoms with Gasteiger partial charge in [-0.25, -0.2) is 0 Å². The fourth-order valence-electron chi connectivity index (χ4n) is 12.8. The SMILES string of the molecule is CCCCc1c(N2c3cc(-n4c5ccccc5c5cc(C(C)(C)C)ccc54)ccc3B3c4ccc(-n5c6ccccc6c6cc(C(C)(C)C)ccc65)cc4Sc4cc(C(C)(C)C)cc2c43)ccc2c1oc1ccccc12. The predicted molar refractivity (Wildman–Crippen MR) is 327 cm³/mol. The summed E-state index contributed by atoms with van der Waals surface area (Å²) in [4.78, 5) is 5.28. The molecule has 0 aliphatic carbocycles. The normalized spacial score (nSPS) is 13.7. The van der Waals surface area contributed by atoms with Crippen molar-refractivity contribution in [3.05, 3.63) is 192 Å². The lowest BCUT2D eigenvalue weighted by atomic mass is 9.34. The van der Waals surface area contributed by atoms with E-state index >= 15 is 0 Å². The van der Waals surface area contributed by atoms with Gasteiger partial charge < -0.3 is 18.5 Å². The largest absolute Gasteiger partial charge is 0.456 e. The Morgan fingerprint density at radius 1 is 0.447 bits per heavy atom. The molecule has 9 aromatic carbocycles. The molecule has 0 bridgehead atoms. The summed E-state index contributed by atoms with van der Waals surface area (Å²) in [7, 11) is 0. The third kappa shape index (κ3) is 7.12. The van der Waals surface area contributed by atoms with Crippen LogP contribution in [-0.4, -0.2) is 15.8 Å². The minimum atomic E-state index is -0.116. The molecule has 2 aliphatic rings. The van der Waals surface area contributed by atoms with Gasteiger partial charge in [0.25, 0.3) is 0 Å². The first-order valence-corrected chi connectivity index (χ1v) is 28.3. The van der Waals surface area contributed by atoms with Crippen molar-refractivity contribution in [2.24, 2.45) is 0 Å². The van der Waals surface area contributed by atoms with Crippen LogP contribution >= 0.6 is 11.8 Å². The van der Waals surface area contributed by atoms with Crippen molar-refractivity contribution in [3.63, 3.8) is 0 Å². The quantitative estimate of drug-likeness (QED) is 0.155. The fourth-order valence-corrected chi connectivity index (χ4v) is 14.0. The molecule has 14 rings (SSSR count). The molecule has 0 atom stereocenters. The third-order valence-corrected chi connectivity index (χ3v) is 18.0. The van der Waals surface area contributed by atoms with E-state index < -0.39 is 0 Å². The molecule has 0 fully saturated rings. The number of aromatic nitrogens is 2. The zero-order chi connectivity index (χ0) is 52.2. The highest BCUT2D eigenvalue weighted by molar-refractivity contribution is 8.00. The van der Waals surface area contributed by atoms with Crippen LogP contribution in [-0.2, 0) is 22.7 Å². The van der Waals surface area contributed by atoms with Crippen LogP contribution in [0.4, 0.5) is 17.1 Å². The minimum absolute atomic E-state index is 0.00127. The molecule has 6 heteroatoms. The zero-order valence-electron chi connectivity index (χ0n) is 45.5. The Labute approximate surface area is 451 Å². The standard InChI is InChI=1S/C70H64BN3OS/c1-11-12-19-51-58(35-30-50-49-22-15-18-25-63(49)75-67(50)51)74-61-40-45(72-56-23-16-13-20-47(56)52-36-42(68(2,3)4)26-33-59(52)72)28-31-54(61)71-55-32-29-46(41-64(55)76-65-39-44(70(8,9)10)38-62(74)66(65)71)73-57-24-17-14-21-48(57)53-37-43(69(5,6)7)27-34-60(53)73/h13-18,20-41H,11-12,19H2,1-10H3. The molecule has 3 aromatic heterocycles. The van der Waals surface area contributed by atoms with E-state index in [4.69, 9.17) is 4.42 Å². The molecular formula is C70H64BN3OS. The topological polar surface area (TPSA) is 26.2 Å². The van der Waals surface area contributed by atoms with Crippen molar-refractivity contribution in [1.29, 1.82) is 0 Å². The fraction of sp³-hybridized carbons (Fsp3) is 0.229. The van der Waals surface area contributed by atoms with E-state index in [1.165, 1.54) is 126 Å². The Morgan fingerprint density at radius 2 is 1.01 bits per heavy atom. The first-order valence-electron chi connectivity index (χ1n) is 27.5. The van der Waals surface area contributed by atoms with Crippen molar-refractivity contribution in [2.45, 2.75) is 115 Å². The van der Waals surface area contributed by atoms with E-state index in [1.54, 1.807) is 0 Å². The molecule has 76 heavy (non-hydrogen) atoms. The summed E-state index contributed by atoms with van der Waals surface area (Å²) in [5.41, 5.74) is 22.1. The van der Waals surface area contributed by atoms with Crippen molar-refractivity contribution in [3.8, 4) is 11.4 Å². The molecule has 4 nitrogen and oxygen atoms in total. The van der Waals surface area contributed by atoms with E-state index in [1.807, 2.05) is 11.8 Å². The van der Waals surface area contributed by atoms with E-state index in [-0.39, 0.29) is 23.0 Å². The Hall–Kier alpha value is -7.41. The van der Waals surface area contributed by atoms with Crippen LogP contribution in [0, 0.1) is 0 Å². The Kier molecular flexibility index (Phi) is 10.4. The van der Waals surface area contributed by atoms with Crippen molar-refractivity contribution in [2.75, 3.05) is 4.90 Å². The van der Waals surface area contributed by atoms with Crippen LogP contribution in [0.15, 0.2) is 184 Å². The monoisotopic (exact) mass is 1010 g/mol. The number of para-hydroxylation sites is 3. The van der Waals surface area contributed by atoms with Gasteiger partial charge in [0.2, 0.25) is 6.71 Å². The van der Waals surface area contributed by atoms with Crippen LogP contribution in [0.1, 0.15) is 104 Å². The summed E-state index contributed by atoms with van der Waals surface area (Å²) >= 11 is 1.95. The lowest BCUT2D eigenvalue weighted by Gasteiger charge is -2.42. The number of benzene rings is 9. The van der Waals surface area contributed by atoms with E-state index in [0.29, 0.717) is 0 Å². The van der Waals surface area contributed by atoms with Gasteiger partial charge in [-0.1, -0.05) is 172 Å². The highest BCUT2D eigenvalue weighted by Crippen LogP contribution is 2.49. The zero-order valence-corrected chi connectivity index (χ0v) is 46.3. The molecule has 0 amide bonds. The molecule has 0 spiro atoms. The van der Waals surface area contributed by atoms with Gasteiger partial charge in [0, 0.05) is 70.4 Å². The maximum Gasteiger partial charge on any atom is 0.249 e. The second-order valence-corrected chi connectivity index (χ2v) is 25.9. The molecule has 0 saturated carbocycles. The summed E-state index contributed by atoms with van der Waals surface area (Å²) in [6, 6.07) is 65.2. The molecule has 2 aliphatic heterocycles. The van der Waals surface area contributed by atoms with Crippen molar-refractivity contribution >= 4 is 117 Å². The second kappa shape index (κ2) is 16.8. The summed E-state index contributed by atoms with van der Waals surface area (Å²) in [5.74, 6) is 0. The Balaban J connectivity index is 1.05. The maximum atomic E-state index is 6.98. The highest BCUT2D eigenvalue weighted by atomic mass is 32.2. The maximum absolute atomic E-state index is 6.98. The van der Waals surface area contributed by atoms with Gasteiger partial charge in [0.1, 0.15) is 11.2 Å². The van der Waals surface area contributed by atoms with Gasteiger partial charge in [0.05, 0.1) is 27.8 Å². The average Bonchev–Trinajstić information content (AvgIpc) is 4.20. The number of hydrogen-bond acceptors (Lipinski definition) is 3. The molecule has 5 heterocycles. The van der Waals surface area contributed by atoms with Crippen LogP contribution in [0.5, 0.6) is 0 Å². The molecule has 0 unspecified atom stereocenters. The third-order valence-electron chi connectivity index (χ3n) is 16.8. The van der Waals surface area contributed by atoms with Crippen LogP contribution in [0.25, 0.3) is 76.9 Å². The number of unbranched alkanes of at least 4 members (excludes halogenated alkanes) is 1. The van der Waals surface area contributed by atoms with Gasteiger partial charge in [-0.15, -0.1) is 0 Å². The first kappa shape index (κ1) is 47.1. The van der Waals surface area contributed by atoms with E-state index in [9.17, 15) is 0 Å².